The van der Waals surface area contributed by atoms with Crippen LogP contribution in [-0.4, -0.2) is 36.7 Å². The van der Waals surface area contributed by atoms with Gasteiger partial charge in [0.1, 0.15) is 10.7 Å². The molecule has 8 heteroatoms. The first-order valence-corrected chi connectivity index (χ1v) is 7.72. The Balaban J connectivity index is 2.42. The van der Waals surface area contributed by atoms with Gasteiger partial charge in [-0.2, -0.15) is 4.31 Å². The summed E-state index contributed by atoms with van der Waals surface area (Å²) in [6.45, 7) is 0.204. The van der Waals surface area contributed by atoms with Gasteiger partial charge in [-0.15, -0.1) is 0 Å². The molecule has 1 aromatic rings. The number of nitrogens with zero attached hydrogens (tertiary/aromatic N) is 1. The van der Waals surface area contributed by atoms with Crippen molar-refractivity contribution in [3.05, 3.63) is 22.2 Å². The molecule has 0 atom stereocenters. The van der Waals surface area contributed by atoms with E-state index in [-0.39, 0.29) is 46.7 Å². The van der Waals surface area contributed by atoms with Crippen molar-refractivity contribution in [2.45, 2.75) is 17.7 Å². The van der Waals surface area contributed by atoms with Crippen LogP contribution in [-0.2, 0) is 14.8 Å². The van der Waals surface area contributed by atoms with Crippen LogP contribution < -0.4 is 0 Å². The molecule has 1 N–H and O–H groups in total. The molecule has 1 aliphatic heterocycles. The third-order valence-corrected chi connectivity index (χ3v) is 5.31. The largest absolute Gasteiger partial charge is 0.505 e. The van der Waals surface area contributed by atoms with Gasteiger partial charge in [0.05, 0.1) is 5.02 Å². The minimum atomic E-state index is -3.90. The number of ketones is 1. The van der Waals surface area contributed by atoms with Gasteiger partial charge < -0.3 is 5.11 Å². The molecule has 1 fully saturated rings. The monoisotopic (exact) mass is 323 g/mol. The SMILES string of the molecule is O=C1CCN(S(=O)(=O)c2cc(Cl)cc(Cl)c2O)CC1. The van der Waals surface area contributed by atoms with Crippen LogP contribution in [0, 0.1) is 0 Å². The van der Waals surface area contributed by atoms with E-state index in [0.717, 1.165) is 10.4 Å². The maximum Gasteiger partial charge on any atom is 0.246 e. The third kappa shape index (κ3) is 2.86. The highest BCUT2D eigenvalue weighted by molar-refractivity contribution is 7.89. The molecule has 0 radical (unpaired) electrons. The fraction of sp³-hybridized carbons (Fsp3) is 0.364. The molecule has 0 aromatic heterocycles. The molecule has 104 valence electrons. The molecular formula is C11H11Cl2NO4S. The minimum Gasteiger partial charge on any atom is -0.505 e. The molecule has 1 aromatic carbocycles. The maximum atomic E-state index is 12.4. The number of carbonyl (C=O) groups is 1. The van der Waals surface area contributed by atoms with Crippen molar-refractivity contribution in [1.29, 1.82) is 0 Å². The average molecular weight is 324 g/mol. The maximum absolute atomic E-state index is 12.4. The zero-order valence-electron chi connectivity index (χ0n) is 9.77. The van der Waals surface area contributed by atoms with E-state index in [4.69, 9.17) is 23.2 Å². The van der Waals surface area contributed by atoms with E-state index in [1.807, 2.05) is 0 Å². The standard InChI is InChI=1S/C11H11Cl2NO4S/c12-7-5-9(13)11(16)10(6-7)19(17,18)14-3-1-8(15)2-4-14/h5-6,16H,1-4H2. The second-order valence-corrected chi connectivity index (χ2v) is 6.93. The highest BCUT2D eigenvalue weighted by Gasteiger charge is 2.31. The highest BCUT2D eigenvalue weighted by atomic mass is 35.5. The molecule has 1 heterocycles. The number of Topliss-reactive ketones (excluding diaryl/α,β-unsaturated/α-hetero) is 1. The number of sulfonamides is 1. The van der Waals surface area contributed by atoms with Crippen LogP contribution in [0.5, 0.6) is 5.75 Å². The Morgan fingerprint density at radius 1 is 1.16 bits per heavy atom. The van der Waals surface area contributed by atoms with E-state index in [2.05, 4.69) is 0 Å². The summed E-state index contributed by atoms with van der Waals surface area (Å²) in [7, 11) is -3.90. The Labute approximate surface area is 120 Å². The molecule has 0 spiro atoms. The second kappa shape index (κ2) is 5.28. The number of halogens is 2. The van der Waals surface area contributed by atoms with Crippen LogP contribution >= 0.6 is 23.2 Å². The van der Waals surface area contributed by atoms with Gasteiger partial charge >= 0.3 is 0 Å². The first-order chi connectivity index (χ1) is 8.82. The zero-order valence-corrected chi connectivity index (χ0v) is 12.1. The van der Waals surface area contributed by atoms with Gasteiger partial charge in [0.2, 0.25) is 10.0 Å². The van der Waals surface area contributed by atoms with Crippen molar-refractivity contribution in [3.63, 3.8) is 0 Å². The number of rotatable bonds is 2. The van der Waals surface area contributed by atoms with Crippen LogP contribution in [0.15, 0.2) is 17.0 Å². The molecule has 0 amide bonds. The van der Waals surface area contributed by atoms with Crippen LogP contribution in [0.1, 0.15) is 12.8 Å². The summed E-state index contributed by atoms with van der Waals surface area (Å²) in [5.41, 5.74) is 0. The van der Waals surface area contributed by atoms with E-state index < -0.39 is 15.8 Å². The van der Waals surface area contributed by atoms with Crippen LogP contribution in [0.2, 0.25) is 10.0 Å². The fourth-order valence-electron chi connectivity index (χ4n) is 1.85. The van der Waals surface area contributed by atoms with Crippen molar-refractivity contribution < 1.29 is 18.3 Å². The predicted octanol–water partition coefficient (Wildman–Crippen LogP) is 2.05. The molecular weight excluding hydrogens is 313 g/mol. The fourth-order valence-corrected chi connectivity index (χ4v) is 4.04. The summed E-state index contributed by atoms with van der Waals surface area (Å²) in [4.78, 5) is 10.8. The average Bonchev–Trinajstić information content (AvgIpc) is 2.34. The summed E-state index contributed by atoms with van der Waals surface area (Å²) in [5.74, 6) is -0.497. The Hall–Kier alpha value is -0.820. The van der Waals surface area contributed by atoms with Crippen molar-refractivity contribution in [2.75, 3.05) is 13.1 Å². The van der Waals surface area contributed by atoms with Crippen LogP contribution in [0.4, 0.5) is 0 Å². The molecule has 0 saturated carbocycles. The quantitative estimate of drug-likeness (QED) is 0.903. The second-order valence-electron chi connectivity index (χ2n) is 4.18. The summed E-state index contributed by atoms with van der Waals surface area (Å²) < 4.78 is 25.9. The summed E-state index contributed by atoms with van der Waals surface area (Å²) >= 11 is 11.5. The molecule has 1 aliphatic rings. The highest BCUT2D eigenvalue weighted by Crippen LogP contribution is 2.36. The lowest BCUT2D eigenvalue weighted by molar-refractivity contribution is -0.120. The lowest BCUT2D eigenvalue weighted by Gasteiger charge is -2.25. The number of hydrogen-bond donors (Lipinski definition) is 1. The van der Waals surface area contributed by atoms with E-state index in [9.17, 15) is 18.3 Å². The van der Waals surface area contributed by atoms with Gasteiger partial charge in [-0.3, -0.25) is 4.79 Å². The molecule has 5 nitrogen and oxygen atoms in total. The number of benzene rings is 1. The van der Waals surface area contributed by atoms with Crippen molar-refractivity contribution in [2.24, 2.45) is 0 Å². The Bertz CT molecular complexity index is 620. The van der Waals surface area contributed by atoms with Gasteiger partial charge in [0.15, 0.2) is 5.75 Å². The van der Waals surface area contributed by atoms with E-state index in [1.54, 1.807) is 0 Å². The molecule has 1 saturated heterocycles. The molecule has 0 aliphatic carbocycles. The van der Waals surface area contributed by atoms with Crippen LogP contribution in [0.3, 0.4) is 0 Å². The van der Waals surface area contributed by atoms with Gasteiger partial charge in [-0.1, -0.05) is 23.2 Å². The first-order valence-electron chi connectivity index (χ1n) is 5.52. The lowest BCUT2D eigenvalue weighted by Crippen LogP contribution is -2.38. The van der Waals surface area contributed by atoms with E-state index in [1.165, 1.54) is 6.07 Å². The van der Waals surface area contributed by atoms with Crippen LogP contribution in [0.25, 0.3) is 0 Å². The lowest BCUT2D eigenvalue weighted by atomic mass is 10.1. The topological polar surface area (TPSA) is 74.7 Å². The summed E-state index contributed by atoms with van der Waals surface area (Å²) in [5, 5.41) is 9.77. The minimum absolute atomic E-state index is 0.0276. The van der Waals surface area contributed by atoms with Crippen molar-refractivity contribution in [1.82, 2.24) is 4.31 Å². The van der Waals surface area contributed by atoms with Crippen molar-refractivity contribution in [3.8, 4) is 5.75 Å². The van der Waals surface area contributed by atoms with Gasteiger partial charge in [0, 0.05) is 31.0 Å². The Morgan fingerprint density at radius 3 is 2.32 bits per heavy atom. The van der Waals surface area contributed by atoms with E-state index >= 15 is 0 Å². The van der Waals surface area contributed by atoms with E-state index in [0.29, 0.717) is 0 Å². The number of hydrogen-bond acceptors (Lipinski definition) is 4. The molecule has 2 rings (SSSR count). The van der Waals surface area contributed by atoms with Crippen molar-refractivity contribution >= 4 is 39.0 Å². The van der Waals surface area contributed by atoms with Gasteiger partial charge in [-0.05, 0) is 12.1 Å². The molecule has 0 bridgehead atoms. The number of phenolic OH excluding ortho intramolecular Hbond substituents is 1. The Morgan fingerprint density at radius 2 is 1.74 bits per heavy atom. The number of phenols is 1. The third-order valence-electron chi connectivity index (χ3n) is 2.89. The summed E-state index contributed by atoms with van der Waals surface area (Å²) in [6.07, 6.45) is 0.350. The summed E-state index contributed by atoms with van der Waals surface area (Å²) in [6, 6.07) is 2.41. The molecule has 19 heavy (non-hydrogen) atoms. The zero-order chi connectivity index (χ0) is 14.2. The predicted molar refractivity (Wildman–Crippen MR) is 71.1 cm³/mol. The van der Waals surface area contributed by atoms with Gasteiger partial charge in [0.25, 0.3) is 0 Å². The van der Waals surface area contributed by atoms with Gasteiger partial charge in [-0.25, -0.2) is 8.42 Å². The number of aromatic hydroxyl groups is 1. The number of piperidine rings is 1. The Kier molecular flexibility index (Phi) is 4.06. The first kappa shape index (κ1) is 14.6. The number of carbonyl (C=O) groups excluding carboxylic acids is 1. The smallest absolute Gasteiger partial charge is 0.246 e. The normalized spacial score (nSPS) is 17.7. The molecule has 0 unspecified atom stereocenters.